The first-order valence-electron chi connectivity index (χ1n) is 6.24. The first kappa shape index (κ1) is 13.3. The predicted octanol–water partition coefficient (Wildman–Crippen LogP) is 3.79. The first-order chi connectivity index (χ1) is 8.86. The van der Waals surface area contributed by atoms with Crippen LogP contribution in [-0.2, 0) is 4.74 Å². The van der Waals surface area contributed by atoms with Gasteiger partial charge < -0.3 is 10.1 Å². The molecule has 0 radical (unpaired) electrons. The van der Waals surface area contributed by atoms with Crippen LogP contribution >= 0.6 is 11.3 Å². The molecular formula is C15H19NOS. The minimum Gasteiger partial charge on any atom is -0.372 e. The topological polar surface area (TPSA) is 21.3 Å². The second kappa shape index (κ2) is 6.69. The Balaban J connectivity index is 2.28. The minimum absolute atomic E-state index is 0.0554. The summed E-state index contributed by atoms with van der Waals surface area (Å²) >= 11 is 1.76. The highest BCUT2D eigenvalue weighted by molar-refractivity contribution is 7.10. The molecule has 0 amide bonds. The van der Waals surface area contributed by atoms with Crippen molar-refractivity contribution in [3.05, 3.63) is 58.3 Å². The normalized spacial score (nSPS) is 14.3. The third kappa shape index (κ3) is 2.99. The van der Waals surface area contributed by atoms with E-state index < -0.39 is 0 Å². The zero-order valence-corrected chi connectivity index (χ0v) is 11.6. The van der Waals surface area contributed by atoms with Crippen LogP contribution in [0.3, 0.4) is 0 Å². The number of thiophene rings is 1. The Labute approximate surface area is 113 Å². The van der Waals surface area contributed by atoms with Gasteiger partial charge in [-0.3, -0.25) is 0 Å². The third-order valence-corrected chi connectivity index (χ3v) is 3.89. The van der Waals surface area contributed by atoms with Crippen LogP contribution in [0.4, 0.5) is 0 Å². The highest BCUT2D eigenvalue weighted by Gasteiger charge is 2.24. The maximum Gasteiger partial charge on any atom is 0.103 e. The lowest BCUT2D eigenvalue weighted by atomic mass is 10.0. The molecule has 1 heterocycles. The van der Waals surface area contributed by atoms with Crippen molar-refractivity contribution in [3.63, 3.8) is 0 Å². The van der Waals surface area contributed by atoms with Crippen molar-refractivity contribution in [1.29, 1.82) is 0 Å². The molecule has 2 unspecified atom stereocenters. The van der Waals surface area contributed by atoms with Gasteiger partial charge in [0.05, 0.1) is 6.04 Å². The van der Waals surface area contributed by atoms with Gasteiger partial charge in [0.15, 0.2) is 0 Å². The van der Waals surface area contributed by atoms with Crippen molar-refractivity contribution in [2.45, 2.75) is 19.1 Å². The smallest absolute Gasteiger partial charge is 0.103 e. The summed E-state index contributed by atoms with van der Waals surface area (Å²) in [6, 6.07) is 14.8. The van der Waals surface area contributed by atoms with E-state index in [0.29, 0.717) is 6.61 Å². The Bertz CT molecular complexity index is 441. The molecule has 18 heavy (non-hydrogen) atoms. The van der Waals surface area contributed by atoms with Gasteiger partial charge in [0, 0.05) is 11.5 Å². The number of benzene rings is 1. The van der Waals surface area contributed by atoms with Gasteiger partial charge in [-0.15, -0.1) is 11.3 Å². The summed E-state index contributed by atoms with van der Waals surface area (Å²) in [6.07, 6.45) is 0.0554. The molecule has 2 rings (SSSR count). The molecule has 2 atom stereocenters. The number of hydrogen-bond donors (Lipinski definition) is 1. The summed E-state index contributed by atoms with van der Waals surface area (Å²) in [5.41, 5.74) is 1.21. The number of likely N-dealkylation sites (N-methyl/N-ethyl adjacent to an activating group) is 1. The van der Waals surface area contributed by atoms with E-state index in [9.17, 15) is 0 Å². The lowest BCUT2D eigenvalue weighted by Gasteiger charge is -2.26. The summed E-state index contributed by atoms with van der Waals surface area (Å²) in [5, 5.41) is 5.48. The molecule has 2 nitrogen and oxygen atoms in total. The van der Waals surface area contributed by atoms with Crippen LogP contribution in [0, 0.1) is 0 Å². The van der Waals surface area contributed by atoms with Gasteiger partial charge in [0.1, 0.15) is 6.10 Å². The maximum atomic E-state index is 5.95. The second-order valence-corrected chi connectivity index (χ2v) is 5.05. The predicted molar refractivity (Wildman–Crippen MR) is 76.9 cm³/mol. The number of hydrogen-bond acceptors (Lipinski definition) is 3. The number of rotatable bonds is 6. The van der Waals surface area contributed by atoms with Crippen molar-refractivity contribution in [2.75, 3.05) is 13.7 Å². The molecule has 0 saturated heterocycles. The molecule has 1 aromatic heterocycles. The standard InChI is InChI=1S/C15H19NOS/c1-3-17-15(12-8-5-4-6-9-12)14(16-2)13-10-7-11-18-13/h4-11,14-16H,3H2,1-2H3. The van der Waals surface area contributed by atoms with Gasteiger partial charge in [-0.05, 0) is 31.0 Å². The molecule has 96 valence electrons. The first-order valence-corrected chi connectivity index (χ1v) is 7.12. The maximum absolute atomic E-state index is 5.95. The van der Waals surface area contributed by atoms with Gasteiger partial charge in [-0.2, -0.15) is 0 Å². The van der Waals surface area contributed by atoms with E-state index in [2.05, 4.69) is 47.1 Å². The van der Waals surface area contributed by atoms with E-state index in [0.717, 1.165) is 0 Å². The van der Waals surface area contributed by atoms with Gasteiger partial charge >= 0.3 is 0 Å². The van der Waals surface area contributed by atoms with Crippen molar-refractivity contribution in [1.82, 2.24) is 5.32 Å². The van der Waals surface area contributed by atoms with E-state index >= 15 is 0 Å². The Morgan fingerprint density at radius 2 is 1.94 bits per heavy atom. The number of nitrogens with one attached hydrogen (secondary N) is 1. The van der Waals surface area contributed by atoms with Gasteiger partial charge in [0.2, 0.25) is 0 Å². The molecule has 0 bridgehead atoms. The Kier molecular flexibility index (Phi) is 4.93. The van der Waals surface area contributed by atoms with Gasteiger partial charge in [-0.25, -0.2) is 0 Å². The SMILES string of the molecule is CCOC(c1ccccc1)C(NC)c1cccs1. The average Bonchev–Trinajstić information content (AvgIpc) is 2.94. The van der Waals surface area contributed by atoms with Crippen LogP contribution in [0.5, 0.6) is 0 Å². The van der Waals surface area contributed by atoms with Crippen molar-refractivity contribution < 1.29 is 4.74 Å². The molecule has 0 aliphatic heterocycles. The summed E-state index contributed by atoms with van der Waals surface area (Å²) in [4.78, 5) is 1.31. The molecule has 0 spiro atoms. The largest absolute Gasteiger partial charge is 0.372 e. The quantitative estimate of drug-likeness (QED) is 0.854. The Morgan fingerprint density at radius 1 is 1.17 bits per heavy atom. The molecule has 0 saturated carbocycles. The molecule has 1 N–H and O–H groups in total. The van der Waals surface area contributed by atoms with E-state index in [1.807, 2.05) is 20.0 Å². The van der Waals surface area contributed by atoms with Gasteiger partial charge in [-0.1, -0.05) is 36.4 Å². The van der Waals surface area contributed by atoms with E-state index in [1.54, 1.807) is 11.3 Å². The fraction of sp³-hybridized carbons (Fsp3) is 0.333. The minimum atomic E-state index is 0.0554. The monoisotopic (exact) mass is 261 g/mol. The van der Waals surface area contributed by atoms with E-state index in [4.69, 9.17) is 4.74 Å². The Hall–Kier alpha value is -1.16. The average molecular weight is 261 g/mol. The number of ether oxygens (including phenoxy) is 1. The lowest BCUT2D eigenvalue weighted by molar-refractivity contribution is 0.0356. The zero-order valence-electron chi connectivity index (χ0n) is 10.8. The molecule has 0 aliphatic rings. The fourth-order valence-corrected chi connectivity index (χ4v) is 2.98. The summed E-state index contributed by atoms with van der Waals surface area (Å²) in [7, 11) is 1.99. The van der Waals surface area contributed by atoms with Crippen LogP contribution in [0.2, 0.25) is 0 Å². The molecular weight excluding hydrogens is 242 g/mol. The third-order valence-electron chi connectivity index (χ3n) is 2.94. The van der Waals surface area contributed by atoms with Crippen LogP contribution in [0.1, 0.15) is 29.5 Å². The van der Waals surface area contributed by atoms with Crippen LogP contribution < -0.4 is 5.32 Å². The van der Waals surface area contributed by atoms with Gasteiger partial charge in [0.25, 0.3) is 0 Å². The lowest BCUT2D eigenvalue weighted by Crippen LogP contribution is -2.25. The molecule has 1 aromatic carbocycles. The van der Waals surface area contributed by atoms with Crippen molar-refractivity contribution >= 4 is 11.3 Å². The molecule has 0 aliphatic carbocycles. The van der Waals surface area contributed by atoms with Crippen LogP contribution in [-0.4, -0.2) is 13.7 Å². The van der Waals surface area contributed by atoms with E-state index in [1.165, 1.54) is 10.4 Å². The van der Waals surface area contributed by atoms with Crippen molar-refractivity contribution in [3.8, 4) is 0 Å². The summed E-state index contributed by atoms with van der Waals surface area (Å²) in [6.45, 7) is 2.75. The van der Waals surface area contributed by atoms with E-state index in [-0.39, 0.29) is 12.1 Å². The van der Waals surface area contributed by atoms with Crippen molar-refractivity contribution in [2.24, 2.45) is 0 Å². The summed E-state index contributed by atoms with van der Waals surface area (Å²) in [5.74, 6) is 0. The molecule has 3 heteroatoms. The van der Waals surface area contributed by atoms with Crippen LogP contribution in [0.25, 0.3) is 0 Å². The highest BCUT2D eigenvalue weighted by Crippen LogP contribution is 2.33. The zero-order chi connectivity index (χ0) is 12.8. The second-order valence-electron chi connectivity index (χ2n) is 4.07. The molecule has 2 aromatic rings. The highest BCUT2D eigenvalue weighted by atomic mass is 32.1. The fourth-order valence-electron chi connectivity index (χ4n) is 2.12. The van der Waals surface area contributed by atoms with Crippen LogP contribution in [0.15, 0.2) is 47.8 Å². The Morgan fingerprint density at radius 3 is 2.50 bits per heavy atom. The molecule has 0 fully saturated rings. The summed E-state index contributed by atoms with van der Waals surface area (Å²) < 4.78 is 5.95.